The van der Waals surface area contributed by atoms with E-state index in [9.17, 15) is 4.79 Å². The maximum absolute atomic E-state index is 11.9. The van der Waals surface area contributed by atoms with Crippen LogP contribution in [-0.2, 0) is 20.9 Å². The van der Waals surface area contributed by atoms with Crippen LogP contribution in [0.4, 0.5) is 0 Å². The van der Waals surface area contributed by atoms with Gasteiger partial charge in [-0.3, -0.25) is 0 Å². The van der Waals surface area contributed by atoms with Crippen molar-refractivity contribution in [2.45, 2.75) is 20.0 Å². The Hall–Kier alpha value is -0.940. The second kappa shape index (κ2) is 6.29. The van der Waals surface area contributed by atoms with Gasteiger partial charge in [-0.05, 0) is 37.8 Å². The van der Waals surface area contributed by atoms with Crippen LogP contribution < -0.4 is 10.2 Å². The Labute approximate surface area is 111 Å². The lowest BCUT2D eigenvalue weighted by molar-refractivity contribution is 0.0725. The van der Waals surface area contributed by atoms with Crippen LogP contribution in [0.1, 0.15) is 24.2 Å². The number of para-hydroxylation sites is 1. The first-order chi connectivity index (χ1) is 8.35. The first-order valence-electron chi connectivity index (χ1n) is 5.29. The molecule has 0 amide bonds. The van der Waals surface area contributed by atoms with Crippen molar-refractivity contribution in [2.75, 3.05) is 7.11 Å². The van der Waals surface area contributed by atoms with E-state index in [-0.39, 0.29) is 11.7 Å². The van der Waals surface area contributed by atoms with Crippen molar-refractivity contribution in [3.05, 3.63) is 29.8 Å². The van der Waals surface area contributed by atoms with Gasteiger partial charge in [-0.2, -0.15) is 0 Å². The van der Waals surface area contributed by atoms with E-state index in [1.165, 1.54) is 7.11 Å². The van der Waals surface area contributed by atoms with E-state index in [1.54, 1.807) is 24.3 Å². The van der Waals surface area contributed by atoms with E-state index in [0.717, 1.165) is 0 Å². The van der Waals surface area contributed by atoms with Crippen LogP contribution in [0.15, 0.2) is 24.3 Å². The molecule has 0 aliphatic rings. The first-order valence-corrected chi connectivity index (χ1v) is 8.00. The third-order valence-electron chi connectivity index (χ3n) is 1.93. The number of hydrogen-bond donors (Lipinski definition) is 1. The molecule has 1 atom stereocenters. The second-order valence-corrected chi connectivity index (χ2v) is 6.92. The van der Waals surface area contributed by atoms with E-state index in [1.807, 2.05) is 13.8 Å². The molecule has 0 saturated carbocycles. The topological polar surface area (TPSA) is 70.8 Å². The standard InChI is InChI=1S/C11H16NO4PS/c1-8(2)15-10-7-5-4-6-9(10)11(13)16-17(12,18)14-3/h4-8H,1-3H3,(H2,12,18). The molecule has 0 radical (unpaired) electrons. The van der Waals surface area contributed by atoms with Crippen molar-refractivity contribution < 1.29 is 18.6 Å². The molecule has 0 bridgehead atoms. The maximum atomic E-state index is 11.9. The molecule has 2 N–H and O–H groups in total. The van der Waals surface area contributed by atoms with Crippen LogP contribution in [0.2, 0.25) is 0 Å². The van der Waals surface area contributed by atoms with Gasteiger partial charge in [-0.15, -0.1) is 0 Å². The van der Waals surface area contributed by atoms with Gasteiger partial charge >= 0.3 is 12.6 Å². The smallest absolute Gasteiger partial charge is 0.347 e. The third kappa shape index (κ3) is 4.38. The summed E-state index contributed by atoms with van der Waals surface area (Å²) in [7, 11) is 1.31. The highest BCUT2D eigenvalue weighted by Crippen LogP contribution is 2.40. The van der Waals surface area contributed by atoms with Gasteiger partial charge in [0.25, 0.3) is 0 Å². The summed E-state index contributed by atoms with van der Waals surface area (Å²) in [6, 6.07) is 6.74. The number of nitrogens with two attached hydrogens (primary N) is 1. The van der Waals surface area contributed by atoms with Gasteiger partial charge in [0, 0.05) is 7.11 Å². The number of ether oxygens (including phenoxy) is 1. The van der Waals surface area contributed by atoms with Gasteiger partial charge in [0.2, 0.25) is 0 Å². The molecule has 1 aromatic rings. The number of benzene rings is 1. The van der Waals surface area contributed by atoms with Gasteiger partial charge in [-0.1, -0.05) is 12.1 Å². The second-order valence-electron chi connectivity index (χ2n) is 3.76. The van der Waals surface area contributed by atoms with Crippen LogP contribution in [0.25, 0.3) is 0 Å². The molecule has 0 aromatic heterocycles. The average molecular weight is 289 g/mol. The van der Waals surface area contributed by atoms with Crippen LogP contribution >= 0.6 is 6.64 Å². The summed E-state index contributed by atoms with van der Waals surface area (Å²) >= 11 is 4.83. The Kier molecular flexibility index (Phi) is 5.28. The van der Waals surface area contributed by atoms with Crippen LogP contribution in [0.5, 0.6) is 5.75 Å². The molecule has 0 saturated heterocycles. The van der Waals surface area contributed by atoms with Gasteiger partial charge < -0.3 is 13.8 Å². The van der Waals surface area contributed by atoms with Crippen LogP contribution in [-0.4, -0.2) is 19.2 Å². The van der Waals surface area contributed by atoms with E-state index in [4.69, 9.17) is 31.1 Å². The molecule has 100 valence electrons. The zero-order chi connectivity index (χ0) is 13.8. The van der Waals surface area contributed by atoms with Crippen molar-refractivity contribution in [1.82, 2.24) is 0 Å². The van der Waals surface area contributed by atoms with Gasteiger partial charge in [0.05, 0.1) is 6.10 Å². The number of rotatable bonds is 5. The minimum atomic E-state index is -3.02. The zero-order valence-electron chi connectivity index (χ0n) is 10.5. The quantitative estimate of drug-likeness (QED) is 0.840. The molecule has 0 aliphatic carbocycles. The van der Waals surface area contributed by atoms with Crippen molar-refractivity contribution in [3.63, 3.8) is 0 Å². The van der Waals surface area contributed by atoms with Gasteiger partial charge in [-0.25, -0.2) is 10.3 Å². The van der Waals surface area contributed by atoms with E-state index >= 15 is 0 Å². The summed E-state index contributed by atoms with van der Waals surface area (Å²) in [4.78, 5) is 11.9. The largest absolute Gasteiger partial charge is 0.490 e. The zero-order valence-corrected chi connectivity index (χ0v) is 12.2. The highest BCUT2D eigenvalue weighted by Gasteiger charge is 2.21. The molecule has 7 heteroatoms. The Balaban J connectivity index is 2.95. The summed E-state index contributed by atoms with van der Waals surface area (Å²) in [6.07, 6.45) is -0.0534. The van der Waals surface area contributed by atoms with Crippen LogP contribution in [0.3, 0.4) is 0 Å². The fraction of sp³-hybridized carbons (Fsp3) is 0.364. The third-order valence-corrected chi connectivity index (χ3v) is 3.53. The molecular weight excluding hydrogens is 273 g/mol. The summed E-state index contributed by atoms with van der Waals surface area (Å²) in [5.41, 5.74) is 5.81. The summed E-state index contributed by atoms with van der Waals surface area (Å²) in [5.74, 6) is -0.206. The molecule has 1 aromatic carbocycles. The molecule has 1 rings (SSSR count). The molecule has 0 fully saturated rings. The normalized spacial score (nSPS) is 14.1. The lowest BCUT2D eigenvalue weighted by atomic mass is 10.2. The molecule has 18 heavy (non-hydrogen) atoms. The van der Waals surface area contributed by atoms with Gasteiger partial charge in [0.15, 0.2) is 0 Å². The lowest BCUT2D eigenvalue weighted by Gasteiger charge is -2.16. The Morgan fingerprint density at radius 2 is 2.00 bits per heavy atom. The fourth-order valence-electron chi connectivity index (χ4n) is 1.19. The van der Waals surface area contributed by atoms with Crippen molar-refractivity contribution >= 4 is 24.4 Å². The van der Waals surface area contributed by atoms with E-state index < -0.39 is 12.6 Å². The van der Waals surface area contributed by atoms with E-state index in [0.29, 0.717) is 5.75 Å². The Morgan fingerprint density at radius 3 is 2.56 bits per heavy atom. The Bertz CT molecular complexity index is 478. The monoisotopic (exact) mass is 289 g/mol. The predicted octanol–water partition coefficient (Wildman–Crippen LogP) is 2.46. The lowest BCUT2D eigenvalue weighted by Crippen LogP contribution is -2.13. The predicted molar refractivity (Wildman–Crippen MR) is 73.1 cm³/mol. The first kappa shape index (κ1) is 15.1. The molecule has 1 unspecified atom stereocenters. The highest BCUT2D eigenvalue weighted by atomic mass is 32.5. The van der Waals surface area contributed by atoms with Crippen molar-refractivity contribution in [2.24, 2.45) is 5.50 Å². The number of hydrogen-bond acceptors (Lipinski definition) is 5. The average Bonchev–Trinajstić information content (AvgIpc) is 2.28. The maximum Gasteiger partial charge on any atom is 0.347 e. The van der Waals surface area contributed by atoms with Crippen molar-refractivity contribution in [1.29, 1.82) is 0 Å². The molecule has 0 spiro atoms. The highest BCUT2D eigenvalue weighted by molar-refractivity contribution is 8.09. The summed E-state index contributed by atoms with van der Waals surface area (Å²) < 4.78 is 15.2. The molecule has 0 heterocycles. The minimum absolute atomic E-state index is 0.0534. The van der Waals surface area contributed by atoms with Crippen molar-refractivity contribution in [3.8, 4) is 5.75 Å². The van der Waals surface area contributed by atoms with Crippen LogP contribution in [0, 0.1) is 0 Å². The van der Waals surface area contributed by atoms with Gasteiger partial charge in [0.1, 0.15) is 11.3 Å². The fourth-order valence-corrected chi connectivity index (χ4v) is 1.80. The molecule has 5 nitrogen and oxygen atoms in total. The number of carbonyl (C=O) groups excluding carboxylic acids is 1. The van der Waals surface area contributed by atoms with E-state index in [2.05, 4.69) is 0 Å². The summed E-state index contributed by atoms with van der Waals surface area (Å²) in [5, 5.41) is 0. The molecule has 0 aliphatic heterocycles. The number of carbonyl (C=O) groups is 1. The SMILES string of the molecule is COP(N)(=S)OC(=O)c1ccccc1OC(C)C. The summed E-state index contributed by atoms with van der Waals surface area (Å²) in [6.45, 7) is 0.710. The minimum Gasteiger partial charge on any atom is -0.490 e. The Morgan fingerprint density at radius 1 is 1.39 bits per heavy atom. The molecular formula is C11H16NO4PS.